The van der Waals surface area contributed by atoms with Crippen molar-refractivity contribution in [3.63, 3.8) is 0 Å². The highest BCUT2D eigenvalue weighted by molar-refractivity contribution is 7.92. The normalized spacial score (nSPS) is 11.8. The lowest BCUT2D eigenvalue weighted by Gasteiger charge is -2.34. The number of rotatable bonds is 14. The second-order valence-electron chi connectivity index (χ2n) is 10.6. The van der Waals surface area contributed by atoms with Gasteiger partial charge >= 0.3 is 0 Å². The van der Waals surface area contributed by atoms with E-state index in [1.165, 1.54) is 49.5 Å². The van der Waals surface area contributed by atoms with Gasteiger partial charge in [-0.25, -0.2) is 12.8 Å². The Morgan fingerprint density at radius 2 is 1.52 bits per heavy atom. The van der Waals surface area contributed by atoms with Gasteiger partial charge in [-0.1, -0.05) is 60.2 Å². The van der Waals surface area contributed by atoms with Crippen molar-refractivity contribution in [1.82, 2.24) is 10.2 Å². The van der Waals surface area contributed by atoms with Crippen LogP contribution in [0.25, 0.3) is 0 Å². The van der Waals surface area contributed by atoms with E-state index < -0.39 is 34.3 Å². The fourth-order valence-corrected chi connectivity index (χ4v) is 6.52. The molecule has 0 radical (unpaired) electrons. The number of nitrogens with zero attached hydrogens (tertiary/aromatic N) is 2. The number of anilines is 1. The van der Waals surface area contributed by atoms with E-state index in [0.717, 1.165) is 33.1 Å². The molecule has 0 aliphatic rings. The molecule has 0 bridgehead atoms. The molecule has 0 unspecified atom stereocenters. The van der Waals surface area contributed by atoms with Gasteiger partial charge in [0.15, 0.2) is 11.5 Å². The van der Waals surface area contributed by atoms with Crippen molar-refractivity contribution in [2.45, 2.75) is 37.8 Å². The Labute approximate surface area is 269 Å². The van der Waals surface area contributed by atoms with Crippen molar-refractivity contribution in [3.05, 3.63) is 120 Å². The summed E-state index contributed by atoms with van der Waals surface area (Å²) in [6.07, 6.45) is 0.198. The predicted octanol–water partition coefficient (Wildman–Crippen LogP) is 5.12. The molecule has 0 saturated heterocycles. The molecule has 1 atom stereocenters. The number of carbonyl (C=O) groups excluding carboxylic acids is 2. The Balaban J connectivity index is 1.82. The third-order valence-corrected chi connectivity index (χ3v) is 9.16. The van der Waals surface area contributed by atoms with Crippen LogP contribution in [0.5, 0.6) is 11.5 Å². The van der Waals surface area contributed by atoms with E-state index in [2.05, 4.69) is 5.32 Å². The minimum atomic E-state index is -4.42. The second kappa shape index (κ2) is 15.4. The van der Waals surface area contributed by atoms with Gasteiger partial charge in [0.2, 0.25) is 11.8 Å². The minimum absolute atomic E-state index is 0.0445. The van der Waals surface area contributed by atoms with E-state index >= 15 is 0 Å². The highest BCUT2D eigenvalue weighted by Gasteiger charge is 2.35. The van der Waals surface area contributed by atoms with Crippen LogP contribution < -0.4 is 19.1 Å². The molecule has 2 amide bonds. The number of halogens is 1. The molecule has 0 aliphatic heterocycles. The number of ether oxygens (including phenoxy) is 2. The molecule has 0 aliphatic carbocycles. The van der Waals surface area contributed by atoms with Crippen molar-refractivity contribution < 1.29 is 31.9 Å². The number of aryl methyl sites for hydroxylation is 1. The minimum Gasteiger partial charge on any atom is -0.493 e. The van der Waals surface area contributed by atoms with Crippen LogP contribution in [0.1, 0.15) is 23.6 Å². The molecule has 0 fully saturated rings. The molecule has 0 saturated carbocycles. The first-order valence-corrected chi connectivity index (χ1v) is 16.2. The number of sulfonamides is 1. The average Bonchev–Trinajstić information content (AvgIpc) is 3.05. The van der Waals surface area contributed by atoms with Crippen LogP contribution in [0.15, 0.2) is 102 Å². The van der Waals surface area contributed by atoms with E-state index in [9.17, 15) is 22.4 Å². The van der Waals surface area contributed by atoms with Crippen molar-refractivity contribution in [2.75, 3.05) is 31.6 Å². The van der Waals surface area contributed by atoms with Gasteiger partial charge in [0.05, 0.1) is 24.8 Å². The standard InChI is InChI=1S/C35H38FN3O6S/c1-5-37-35(41)31(21-26-11-7-6-8-12-26)38(23-27-13-9-10-25(2)20-27)34(40)24-39(29-16-14-28(36)15-17-29)46(42,43)30-18-19-32(44-3)33(22-30)45-4/h6-20,22,31H,5,21,23-24H2,1-4H3,(H,37,41)/t31-/m1/s1. The first kappa shape index (κ1) is 34.0. The molecule has 46 heavy (non-hydrogen) atoms. The van der Waals surface area contributed by atoms with Gasteiger partial charge in [0.1, 0.15) is 18.4 Å². The summed E-state index contributed by atoms with van der Waals surface area (Å²) in [4.78, 5) is 29.3. The van der Waals surface area contributed by atoms with Gasteiger partial charge in [0, 0.05) is 25.6 Å². The van der Waals surface area contributed by atoms with Crippen LogP contribution in [0.4, 0.5) is 10.1 Å². The molecule has 4 aromatic carbocycles. The number of hydrogen-bond acceptors (Lipinski definition) is 6. The van der Waals surface area contributed by atoms with E-state index in [1.54, 1.807) is 6.92 Å². The third-order valence-electron chi connectivity index (χ3n) is 7.39. The van der Waals surface area contributed by atoms with Gasteiger partial charge in [0.25, 0.3) is 10.0 Å². The van der Waals surface area contributed by atoms with Gasteiger partial charge in [-0.15, -0.1) is 0 Å². The number of benzene rings is 4. The number of nitrogens with one attached hydrogen (secondary N) is 1. The summed E-state index contributed by atoms with van der Waals surface area (Å²) >= 11 is 0. The molecular formula is C35H38FN3O6S. The lowest BCUT2D eigenvalue weighted by Crippen LogP contribution is -2.53. The monoisotopic (exact) mass is 647 g/mol. The third kappa shape index (κ3) is 8.22. The fourth-order valence-electron chi connectivity index (χ4n) is 5.09. The summed E-state index contributed by atoms with van der Waals surface area (Å²) in [7, 11) is -1.61. The summed E-state index contributed by atoms with van der Waals surface area (Å²) in [6, 6.07) is 24.8. The van der Waals surface area contributed by atoms with Gasteiger partial charge in [-0.05, 0) is 61.4 Å². The Morgan fingerprint density at radius 1 is 0.848 bits per heavy atom. The SMILES string of the molecule is CCNC(=O)[C@@H](Cc1ccccc1)N(Cc1cccc(C)c1)C(=O)CN(c1ccc(F)cc1)S(=O)(=O)c1ccc(OC)c(OC)c1. The molecular weight excluding hydrogens is 609 g/mol. The Hall–Kier alpha value is -4.90. The number of carbonyl (C=O) groups is 2. The zero-order chi connectivity index (χ0) is 33.3. The number of likely N-dealkylation sites (N-methyl/N-ethyl adjacent to an activating group) is 1. The van der Waals surface area contributed by atoms with Crippen molar-refractivity contribution in [3.8, 4) is 11.5 Å². The first-order valence-electron chi connectivity index (χ1n) is 14.7. The van der Waals surface area contributed by atoms with Gasteiger partial charge in [-0.3, -0.25) is 13.9 Å². The quantitative estimate of drug-likeness (QED) is 0.204. The van der Waals surface area contributed by atoms with E-state index in [0.29, 0.717) is 12.3 Å². The summed E-state index contributed by atoms with van der Waals surface area (Å²) < 4.78 is 53.9. The van der Waals surface area contributed by atoms with Crippen LogP contribution in [0.3, 0.4) is 0 Å². The lowest BCUT2D eigenvalue weighted by atomic mass is 10.0. The summed E-state index contributed by atoms with van der Waals surface area (Å²) in [5.74, 6) is -1.07. The van der Waals surface area contributed by atoms with Gasteiger partial charge in [-0.2, -0.15) is 0 Å². The molecule has 1 N–H and O–H groups in total. The zero-order valence-corrected chi connectivity index (χ0v) is 27.1. The maximum absolute atomic E-state index is 14.4. The molecule has 4 rings (SSSR count). The zero-order valence-electron chi connectivity index (χ0n) is 26.3. The van der Waals surface area contributed by atoms with E-state index in [-0.39, 0.29) is 35.2 Å². The molecule has 0 heterocycles. The molecule has 9 nitrogen and oxygen atoms in total. The largest absolute Gasteiger partial charge is 0.493 e. The van der Waals surface area contributed by atoms with Crippen LogP contribution in [0, 0.1) is 12.7 Å². The number of hydrogen-bond donors (Lipinski definition) is 1. The molecule has 242 valence electrons. The molecule has 11 heteroatoms. The van der Waals surface area contributed by atoms with Crippen LogP contribution >= 0.6 is 0 Å². The predicted molar refractivity (Wildman–Crippen MR) is 175 cm³/mol. The van der Waals surface area contributed by atoms with Crippen molar-refractivity contribution in [2.24, 2.45) is 0 Å². The molecule has 0 aromatic heterocycles. The van der Waals surface area contributed by atoms with Gasteiger partial charge < -0.3 is 19.7 Å². The number of methoxy groups -OCH3 is 2. The maximum atomic E-state index is 14.4. The summed E-state index contributed by atoms with van der Waals surface area (Å²) in [5, 5.41) is 2.84. The Kier molecular flexibility index (Phi) is 11.4. The summed E-state index contributed by atoms with van der Waals surface area (Å²) in [5.41, 5.74) is 2.63. The van der Waals surface area contributed by atoms with Crippen molar-refractivity contribution >= 4 is 27.5 Å². The smallest absolute Gasteiger partial charge is 0.264 e. The topological polar surface area (TPSA) is 105 Å². The second-order valence-corrected chi connectivity index (χ2v) is 12.5. The van der Waals surface area contributed by atoms with E-state index in [1.807, 2.05) is 61.5 Å². The summed E-state index contributed by atoms with van der Waals surface area (Å²) in [6.45, 7) is 3.43. The lowest BCUT2D eigenvalue weighted by molar-refractivity contribution is -0.140. The van der Waals surface area contributed by atoms with Crippen LogP contribution in [-0.4, -0.2) is 58.5 Å². The molecule has 4 aromatic rings. The Morgan fingerprint density at radius 3 is 2.15 bits per heavy atom. The molecule has 0 spiro atoms. The Bertz CT molecular complexity index is 1750. The van der Waals surface area contributed by atoms with Crippen LogP contribution in [0.2, 0.25) is 0 Å². The average molecular weight is 648 g/mol. The highest BCUT2D eigenvalue weighted by atomic mass is 32.2. The van der Waals surface area contributed by atoms with Crippen LogP contribution in [-0.2, 0) is 32.6 Å². The van der Waals surface area contributed by atoms with E-state index in [4.69, 9.17) is 9.47 Å². The maximum Gasteiger partial charge on any atom is 0.264 e. The number of amides is 2. The van der Waals surface area contributed by atoms with Crippen molar-refractivity contribution in [1.29, 1.82) is 0 Å². The fraction of sp³-hybridized carbons (Fsp3) is 0.257. The first-order chi connectivity index (χ1) is 22.1. The highest BCUT2D eigenvalue weighted by Crippen LogP contribution is 2.32.